The zero-order valence-electron chi connectivity index (χ0n) is 17.1. The van der Waals surface area contributed by atoms with Crippen LogP contribution in [0.5, 0.6) is 0 Å². The molecular formula is C24H38O2. The number of carbonyl (C=O) groups is 1. The Balaban J connectivity index is 1.57. The monoisotopic (exact) mass is 358 g/mol. The number of carbonyl (C=O) groups excluding carboxylic acids is 1. The topological polar surface area (TPSA) is 37.3 Å². The van der Waals surface area contributed by atoms with Gasteiger partial charge in [-0.15, -0.1) is 6.58 Å². The molecule has 26 heavy (non-hydrogen) atoms. The van der Waals surface area contributed by atoms with Crippen LogP contribution in [0.2, 0.25) is 0 Å². The van der Waals surface area contributed by atoms with Crippen molar-refractivity contribution in [1.82, 2.24) is 0 Å². The predicted molar refractivity (Wildman–Crippen MR) is 106 cm³/mol. The van der Waals surface area contributed by atoms with E-state index in [1.54, 1.807) is 0 Å². The molecule has 0 aliphatic heterocycles. The summed E-state index contributed by atoms with van der Waals surface area (Å²) in [7, 11) is 0. The molecule has 0 aromatic carbocycles. The largest absolute Gasteiger partial charge is 0.390 e. The molecule has 4 rings (SSSR count). The summed E-state index contributed by atoms with van der Waals surface area (Å²) in [6, 6.07) is 0. The minimum atomic E-state index is -0.505. The first-order valence-corrected chi connectivity index (χ1v) is 11.1. The van der Waals surface area contributed by atoms with Crippen molar-refractivity contribution in [1.29, 1.82) is 0 Å². The molecule has 4 aliphatic rings. The minimum absolute atomic E-state index is 0.258. The SMILES string of the molecule is C=CC[C@]1(O)CC[C@@]2(C)[C@H](CC[C@@H]3[C@@H]2CC[C@]2(C)[C@@H](C(C)=O)CC[C@@H]32)C1. The lowest BCUT2D eigenvalue weighted by molar-refractivity contribution is -0.152. The van der Waals surface area contributed by atoms with Crippen LogP contribution in [0, 0.1) is 40.4 Å². The Bertz CT molecular complexity index is 597. The summed E-state index contributed by atoms with van der Waals surface area (Å²) in [6.45, 7) is 10.7. The van der Waals surface area contributed by atoms with Crippen molar-refractivity contribution in [3.05, 3.63) is 12.7 Å². The molecule has 0 aromatic heterocycles. The number of hydrogen-bond acceptors (Lipinski definition) is 2. The molecule has 0 bridgehead atoms. The van der Waals surface area contributed by atoms with E-state index in [4.69, 9.17) is 0 Å². The summed E-state index contributed by atoms with van der Waals surface area (Å²) in [6.07, 6.45) is 13.2. The van der Waals surface area contributed by atoms with Crippen molar-refractivity contribution >= 4 is 5.78 Å². The normalized spacial score (nSPS) is 53.3. The van der Waals surface area contributed by atoms with E-state index in [1.165, 1.54) is 38.5 Å². The summed E-state index contributed by atoms with van der Waals surface area (Å²) >= 11 is 0. The Morgan fingerprint density at radius 1 is 1.04 bits per heavy atom. The van der Waals surface area contributed by atoms with Gasteiger partial charge in [-0.1, -0.05) is 19.9 Å². The van der Waals surface area contributed by atoms with E-state index < -0.39 is 5.60 Å². The van der Waals surface area contributed by atoms with Gasteiger partial charge in [0.05, 0.1) is 5.60 Å². The molecule has 0 radical (unpaired) electrons. The van der Waals surface area contributed by atoms with Crippen molar-refractivity contribution in [2.45, 2.75) is 90.6 Å². The lowest BCUT2D eigenvalue weighted by atomic mass is 9.43. The highest BCUT2D eigenvalue weighted by atomic mass is 16.3. The van der Waals surface area contributed by atoms with Gasteiger partial charge in [0, 0.05) is 5.92 Å². The van der Waals surface area contributed by atoms with Gasteiger partial charge in [-0.3, -0.25) is 4.79 Å². The Morgan fingerprint density at radius 2 is 1.77 bits per heavy atom. The quantitative estimate of drug-likeness (QED) is 0.672. The fraction of sp³-hybridized carbons (Fsp3) is 0.875. The third kappa shape index (κ3) is 2.58. The lowest BCUT2D eigenvalue weighted by Gasteiger charge is -2.62. The van der Waals surface area contributed by atoms with E-state index in [0.29, 0.717) is 23.0 Å². The van der Waals surface area contributed by atoms with E-state index in [2.05, 4.69) is 20.4 Å². The van der Waals surface area contributed by atoms with Crippen molar-refractivity contribution < 1.29 is 9.90 Å². The molecule has 146 valence electrons. The number of ketones is 1. The summed E-state index contributed by atoms with van der Waals surface area (Å²) < 4.78 is 0. The van der Waals surface area contributed by atoms with E-state index in [-0.39, 0.29) is 5.41 Å². The highest BCUT2D eigenvalue weighted by Gasteiger charge is 2.61. The van der Waals surface area contributed by atoms with Gasteiger partial charge in [-0.25, -0.2) is 0 Å². The number of rotatable bonds is 3. The molecule has 0 heterocycles. The zero-order chi connectivity index (χ0) is 18.7. The highest BCUT2D eigenvalue weighted by molar-refractivity contribution is 5.79. The zero-order valence-corrected chi connectivity index (χ0v) is 17.1. The van der Waals surface area contributed by atoms with Crippen LogP contribution in [-0.4, -0.2) is 16.5 Å². The van der Waals surface area contributed by atoms with Crippen molar-refractivity contribution in [2.24, 2.45) is 40.4 Å². The minimum Gasteiger partial charge on any atom is -0.390 e. The molecule has 4 aliphatic carbocycles. The van der Waals surface area contributed by atoms with Crippen LogP contribution in [0.15, 0.2) is 12.7 Å². The first-order chi connectivity index (χ1) is 12.2. The van der Waals surface area contributed by atoms with E-state index in [0.717, 1.165) is 43.4 Å². The van der Waals surface area contributed by atoms with Gasteiger partial charge in [0.2, 0.25) is 0 Å². The fourth-order valence-electron chi connectivity index (χ4n) is 8.44. The van der Waals surface area contributed by atoms with Gasteiger partial charge < -0.3 is 5.11 Å². The molecule has 2 heteroatoms. The van der Waals surface area contributed by atoms with Crippen LogP contribution in [0.1, 0.15) is 85.0 Å². The maximum Gasteiger partial charge on any atom is 0.133 e. The molecular weight excluding hydrogens is 320 g/mol. The van der Waals surface area contributed by atoms with Gasteiger partial charge in [0.1, 0.15) is 5.78 Å². The molecule has 0 amide bonds. The summed E-state index contributed by atoms with van der Waals surface area (Å²) in [5.41, 5.74) is 0.148. The lowest BCUT2D eigenvalue weighted by Crippen LogP contribution is -2.56. The maximum atomic E-state index is 12.3. The van der Waals surface area contributed by atoms with Crippen LogP contribution in [-0.2, 0) is 4.79 Å². The first-order valence-electron chi connectivity index (χ1n) is 11.1. The summed E-state index contributed by atoms with van der Waals surface area (Å²) in [5, 5.41) is 11.0. The average molecular weight is 359 g/mol. The molecule has 4 fully saturated rings. The number of aliphatic hydroxyl groups is 1. The third-order valence-electron chi connectivity index (χ3n) is 9.84. The second-order valence-corrected chi connectivity index (χ2v) is 10.9. The van der Waals surface area contributed by atoms with Crippen LogP contribution >= 0.6 is 0 Å². The second kappa shape index (κ2) is 6.19. The van der Waals surface area contributed by atoms with E-state index in [1.807, 2.05) is 13.0 Å². The van der Waals surface area contributed by atoms with Gasteiger partial charge in [0.25, 0.3) is 0 Å². The number of Topliss-reactive ketones (excluding diaryl/α,β-unsaturated/α-hetero) is 1. The maximum absolute atomic E-state index is 12.3. The van der Waals surface area contributed by atoms with Crippen LogP contribution in [0.4, 0.5) is 0 Å². The van der Waals surface area contributed by atoms with Crippen LogP contribution in [0.3, 0.4) is 0 Å². The molecule has 4 saturated carbocycles. The van der Waals surface area contributed by atoms with Gasteiger partial charge in [0.15, 0.2) is 0 Å². The fourth-order valence-corrected chi connectivity index (χ4v) is 8.44. The summed E-state index contributed by atoms with van der Waals surface area (Å²) in [4.78, 5) is 12.3. The first kappa shape index (κ1) is 18.7. The highest BCUT2D eigenvalue weighted by Crippen LogP contribution is 2.68. The molecule has 2 nitrogen and oxygen atoms in total. The van der Waals surface area contributed by atoms with Crippen molar-refractivity contribution in [3.8, 4) is 0 Å². The van der Waals surface area contributed by atoms with Gasteiger partial charge >= 0.3 is 0 Å². The average Bonchev–Trinajstić information content (AvgIpc) is 2.93. The molecule has 0 unspecified atom stereocenters. The smallest absolute Gasteiger partial charge is 0.133 e. The van der Waals surface area contributed by atoms with E-state index >= 15 is 0 Å². The number of hydrogen-bond donors (Lipinski definition) is 1. The Kier molecular flexibility index (Phi) is 4.46. The molecule has 0 spiro atoms. The molecule has 0 aromatic rings. The van der Waals surface area contributed by atoms with Crippen LogP contribution < -0.4 is 0 Å². The summed E-state index contributed by atoms with van der Waals surface area (Å²) in [5.74, 6) is 3.77. The van der Waals surface area contributed by atoms with Gasteiger partial charge in [-0.2, -0.15) is 0 Å². The Labute approximate surface area is 159 Å². The number of fused-ring (bicyclic) bond motifs is 5. The predicted octanol–water partition coefficient (Wildman–Crippen LogP) is 5.54. The molecule has 8 atom stereocenters. The Hall–Kier alpha value is -0.630. The standard InChI is InChI=1S/C24H38O2/c1-5-11-24(26)14-13-22(3)17(15-24)6-7-18-20-9-8-19(16(2)25)23(20,4)12-10-21(18)22/h5,17-21,26H,1,6-15H2,2-4H3/t17-,18+,19-,20+,21+,22+,23-,24+/m1/s1. The van der Waals surface area contributed by atoms with Crippen molar-refractivity contribution in [3.63, 3.8) is 0 Å². The van der Waals surface area contributed by atoms with Crippen LogP contribution in [0.25, 0.3) is 0 Å². The third-order valence-corrected chi connectivity index (χ3v) is 9.84. The van der Waals surface area contributed by atoms with Crippen molar-refractivity contribution in [2.75, 3.05) is 0 Å². The molecule has 1 N–H and O–H groups in total. The van der Waals surface area contributed by atoms with Gasteiger partial charge in [-0.05, 0) is 106 Å². The molecule has 0 saturated heterocycles. The van der Waals surface area contributed by atoms with E-state index in [9.17, 15) is 9.90 Å². The Morgan fingerprint density at radius 3 is 2.46 bits per heavy atom. The second-order valence-electron chi connectivity index (χ2n) is 10.9.